The number of anilines is 6. The largest absolute Gasteiger partial charge is 0.453 e. The van der Waals surface area contributed by atoms with Crippen molar-refractivity contribution in [2.24, 2.45) is 20.0 Å². The minimum Gasteiger partial charge on any atom is -0.453 e. The smallest absolute Gasteiger partial charge is 0.202 e. The summed E-state index contributed by atoms with van der Waals surface area (Å²) in [5, 5.41) is 0. The van der Waals surface area contributed by atoms with Gasteiger partial charge in [0.1, 0.15) is 0 Å². The Kier molecular flexibility index (Phi) is 5.71. The monoisotopic (exact) mass is 620 g/mol. The van der Waals surface area contributed by atoms with E-state index in [1.807, 2.05) is 97.1 Å². The first-order valence-corrected chi connectivity index (χ1v) is 15.6. The molecule has 226 valence electrons. The fraction of sp³-hybridized carbons (Fsp3) is 0. The van der Waals surface area contributed by atoms with Crippen LogP contribution in [0.3, 0.4) is 0 Å². The Morgan fingerprint density at radius 3 is 0.938 bits per heavy atom. The molecule has 0 spiro atoms. The van der Waals surface area contributed by atoms with Gasteiger partial charge in [0.05, 0.1) is 22.7 Å². The maximum absolute atomic E-state index is 6.17. The Labute approximate surface area is 275 Å². The fourth-order valence-corrected chi connectivity index (χ4v) is 6.44. The predicted molar refractivity (Wildman–Crippen MR) is 190 cm³/mol. The van der Waals surface area contributed by atoms with Crippen LogP contribution in [-0.2, 0) is 0 Å². The van der Waals surface area contributed by atoms with E-state index in [1.165, 1.54) is 0 Å². The van der Waals surface area contributed by atoms with Gasteiger partial charge in [-0.3, -0.25) is 0 Å². The Balaban J connectivity index is 0.907. The van der Waals surface area contributed by atoms with E-state index in [4.69, 9.17) is 29.4 Å². The van der Waals surface area contributed by atoms with E-state index < -0.39 is 0 Å². The Hall–Kier alpha value is -6.80. The van der Waals surface area contributed by atoms with Gasteiger partial charge in [-0.05, 0) is 97.1 Å². The van der Waals surface area contributed by atoms with Crippen molar-refractivity contribution < 1.29 is 9.47 Å². The van der Waals surface area contributed by atoms with Crippen LogP contribution in [0.1, 0.15) is 11.1 Å². The van der Waals surface area contributed by atoms with Crippen LogP contribution in [0.4, 0.5) is 34.1 Å². The molecule has 48 heavy (non-hydrogen) atoms. The first-order chi connectivity index (χ1) is 23.8. The molecule has 0 N–H and O–H groups in total. The molecule has 0 aliphatic carbocycles. The van der Waals surface area contributed by atoms with Gasteiger partial charge in [0.2, 0.25) is 11.7 Å². The number of hydrogen-bond acceptors (Lipinski definition) is 8. The topological polar surface area (TPSA) is 74.4 Å². The summed E-state index contributed by atoms with van der Waals surface area (Å²) in [5.41, 5.74) is 7.76. The number of hydrogen-bond donors (Lipinski definition) is 0. The molecule has 0 bridgehead atoms. The van der Waals surface area contributed by atoms with Crippen LogP contribution in [0.2, 0.25) is 0 Å². The van der Waals surface area contributed by atoms with E-state index in [0.29, 0.717) is 23.3 Å². The van der Waals surface area contributed by atoms with Crippen molar-refractivity contribution >= 4 is 57.5 Å². The molecule has 4 heterocycles. The lowest BCUT2D eigenvalue weighted by molar-refractivity contribution is 0.477. The number of para-hydroxylation sites is 8. The van der Waals surface area contributed by atoms with Crippen molar-refractivity contribution in [3.63, 3.8) is 0 Å². The van der Waals surface area contributed by atoms with E-state index in [2.05, 4.69) is 58.3 Å². The molecule has 8 heteroatoms. The van der Waals surface area contributed by atoms with Gasteiger partial charge in [-0.2, -0.15) is 0 Å². The van der Waals surface area contributed by atoms with E-state index in [0.717, 1.165) is 68.2 Å². The van der Waals surface area contributed by atoms with Gasteiger partial charge in [-0.25, -0.2) is 20.0 Å². The summed E-state index contributed by atoms with van der Waals surface area (Å²) in [5.74, 6) is 5.52. The molecule has 0 saturated heterocycles. The van der Waals surface area contributed by atoms with Gasteiger partial charge >= 0.3 is 0 Å². The fourth-order valence-electron chi connectivity index (χ4n) is 6.44. The summed E-state index contributed by atoms with van der Waals surface area (Å²) in [7, 11) is 0. The Morgan fingerprint density at radius 2 is 0.604 bits per heavy atom. The van der Waals surface area contributed by atoms with Gasteiger partial charge in [-0.15, -0.1) is 0 Å². The lowest BCUT2D eigenvalue weighted by atomic mass is 10.1. The summed E-state index contributed by atoms with van der Waals surface area (Å²) >= 11 is 0. The second-order valence-corrected chi connectivity index (χ2v) is 11.6. The van der Waals surface area contributed by atoms with Crippen LogP contribution < -0.4 is 19.3 Å². The Morgan fingerprint density at radius 1 is 0.312 bits per heavy atom. The summed E-state index contributed by atoms with van der Waals surface area (Å²) in [4.78, 5) is 23.4. The number of ether oxygens (including phenoxy) is 2. The van der Waals surface area contributed by atoms with E-state index in [-0.39, 0.29) is 0 Å². The third-order valence-corrected chi connectivity index (χ3v) is 8.68. The number of amidine groups is 4. The lowest BCUT2D eigenvalue weighted by Gasteiger charge is -2.32. The van der Waals surface area contributed by atoms with Gasteiger partial charge in [0.25, 0.3) is 0 Å². The van der Waals surface area contributed by atoms with Crippen molar-refractivity contribution in [3.8, 4) is 23.0 Å². The molecule has 0 fully saturated rings. The van der Waals surface area contributed by atoms with Crippen LogP contribution >= 0.6 is 0 Å². The van der Waals surface area contributed by atoms with Crippen LogP contribution in [0.5, 0.6) is 23.0 Å². The molecule has 0 amide bonds. The van der Waals surface area contributed by atoms with Crippen molar-refractivity contribution in [2.45, 2.75) is 0 Å². The molecule has 0 unspecified atom stereocenters. The molecule has 0 atom stereocenters. The molecule has 6 aromatic rings. The normalized spacial score (nSPS) is 15.0. The second-order valence-electron chi connectivity index (χ2n) is 11.6. The lowest BCUT2D eigenvalue weighted by Crippen LogP contribution is -2.15. The van der Waals surface area contributed by atoms with Gasteiger partial charge < -0.3 is 19.3 Å². The molecular weight excluding hydrogens is 596 g/mol. The van der Waals surface area contributed by atoms with Crippen molar-refractivity contribution in [1.82, 2.24) is 0 Å². The quantitative estimate of drug-likeness (QED) is 0.196. The summed E-state index contributed by atoms with van der Waals surface area (Å²) in [6.07, 6.45) is 0. The highest BCUT2D eigenvalue weighted by molar-refractivity contribution is 6.53. The van der Waals surface area contributed by atoms with Crippen LogP contribution in [0, 0.1) is 0 Å². The summed E-state index contributed by atoms with van der Waals surface area (Å²) in [6, 6.07) is 48.7. The Bertz CT molecular complexity index is 2150. The molecular formula is C40H24N6O2. The zero-order chi connectivity index (χ0) is 31.6. The highest BCUT2D eigenvalue weighted by atomic mass is 16.5. The molecule has 4 aliphatic rings. The molecule has 10 rings (SSSR count). The average molecular weight is 621 g/mol. The maximum Gasteiger partial charge on any atom is 0.202 e. The van der Waals surface area contributed by atoms with Gasteiger partial charge in [0, 0.05) is 22.5 Å². The zero-order valence-corrected chi connectivity index (χ0v) is 25.4. The first kappa shape index (κ1) is 26.4. The third kappa shape index (κ3) is 4.16. The van der Waals surface area contributed by atoms with Crippen molar-refractivity contribution in [2.75, 3.05) is 9.80 Å². The van der Waals surface area contributed by atoms with E-state index in [1.54, 1.807) is 0 Å². The zero-order valence-electron chi connectivity index (χ0n) is 25.4. The molecule has 0 radical (unpaired) electrons. The summed E-state index contributed by atoms with van der Waals surface area (Å²) in [6.45, 7) is 0. The average Bonchev–Trinajstić information content (AvgIpc) is 3.73. The summed E-state index contributed by atoms with van der Waals surface area (Å²) < 4.78 is 12.3. The van der Waals surface area contributed by atoms with Crippen LogP contribution in [0.25, 0.3) is 0 Å². The number of fused-ring (bicyclic) bond motifs is 5. The van der Waals surface area contributed by atoms with Gasteiger partial charge in [0.15, 0.2) is 34.7 Å². The first-order valence-electron chi connectivity index (χ1n) is 15.6. The number of aliphatic imine (C=N–C) groups is 4. The number of nitrogens with zero attached hydrogens (tertiary/aromatic N) is 6. The van der Waals surface area contributed by atoms with Gasteiger partial charge in [-0.1, -0.05) is 48.5 Å². The SMILES string of the molecule is c1ccc2c(c1)Oc1ccccc1N2c1ccc(C2=NC3=NC(c4ccc(N5c6ccccc6Oc6ccccc65)cc4)=NC3=N2)cc1. The van der Waals surface area contributed by atoms with E-state index >= 15 is 0 Å². The third-order valence-electron chi connectivity index (χ3n) is 8.68. The van der Waals surface area contributed by atoms with Crippen molar-refractivity contribution in [3.05, 3.63) is 157 Å². The minimum atomic E-state index is 0.528. The molecule has 6 aromatic carbocycles. The van der Waals surface area contributed by atoms with Crippen LogP contribution in [-0.4, -0.2) is 23.3 Å². The van der Waals surface area contributed by atoms with Crippen molar-refractivity contribution in [1.29, 1.82) is 0 Å². The number of benzene rings is 6. The molecule has 0 aromatic heterocycles. The standard InChI is InChI=1S/C40H24N6O2/c1-5-13-33-29(9-1)45(30-10-2-6-14-34(30)47-33)27-21-17-25(18-22-27)37-41-39-40(42-37)44-38(43-39)26-19-23-28(24-20-26)46-31-11-3-7-15-35(31)48-36-16-8-4-12-32(36)46/h1-24H. The molecule has 4 aliphatic heterocycles. The highest BCUT2D eigenvalue weighted by Crippen LogP contribution is 2.51. The molecule has 0 saturated carbocycles. The van der Waals surface area contributed by atoms with Crippen LogP contribution in [0.15, 0.2) is 166 Å². The highest BCUT2D eigenvalue weighted by Gasteiger charge is 2.29. The molecule has 8 nitrogen and oxygen atoms in total. The van der Waals surface area contributed by atoms with E-state index in [9.17, 15) is 0 Å². The second kappa shape index (κ2) is 10.4. The minimum absolute atomic E-state index is 0.528. The predicted octanol–water partition coefficient (Wildman–Crippen LogP) is 9.86. The maximum atomic E-state index is 6.17. The number of rotatable bonds is 4.